The van der Waals surface area contributed by atoms with E-state index >= 15 is 0 Å². The molecule has 0 saturated carbocycles. The third-order valence-electron chi connectivity index (χ3n) is 1.34. The van der Waals surface area contributed by atoms with E-state index in [4.69, 9.17) is 0 Å². The van der Waals surface area contributed by atoms with Crippen LogP contribution >= 0.6 is 0 Å². The standard InChI is InChI=1S/C6H8O3/c1-4(7)5-2-3-6(8)9-5/h5H,2-3H2,1H3/t5-/m0/s1. The summed E-state index contributed by atoms with van der Waals surface area (Å²) in [5.41, 5.74) is 0. The Hall–Kier alpha value is -0.860. The van der Waals surface area contributed by atoms with E-state index in [0.29, 0.717) is 12.8 Å². The zero-order valence-electron chi connectivity index (χ0n) is 5.22. The highest BCUT2D eigenvalue weighted by Crippen LogP contribution is 2.13. The molecule has 1 heterocycles. The number of carbonyl (C=O) groups is 2. The Kier molecular flexibility index (Phi) is 1.51. The van der Waals surface area contributed by atoms with Crippen LogP contribution in [0.2, 0.25) is 0 Å². The van der Waals surface area contributed by atoms with Gasteiger partial charge in [-0.1, -0.05) is 0 Å². The first-order valence-corrected chi connectivity index (χ1v) is 2.90. The van der Waals surface area contributed by atoms with Gasteiger partial charge in [-0.3, -0.25) is 9.59 Å². The van der Waals surface area contributed by atoms with Crippen molar-refractivity contribution in [3.05, 3.63) is 0 Å². The summed E-state index contributed by atoms with van der Waals surface area (Å²) in [5.74, 6) is -0.309. The van der Waals surface area contributed by atoms with Crippen LogP contribution in [-0.4, -0.2) is 17.9 Å². The second-order valence-corrected chi connectivity index (χ2v) is 2.13. The lowest BCUT2D eigenvalue weighted by atomic mass is 10.2. The minimum atomic E-state index is -0.447. The molecule has 0 aromatic carbocycles. The lowest BCUT2D eigenvalue weighted by Gasteiger charge is -2.01. The van der Waals surface area contributed by atoms with Gasteiger partial charge in [-0.15, -0.1) is 0 Å². The summed E-state index contributed by atoms with van der Waals surface area (Å²) in [6, 6.07) is 0. The number of rotatable bonds is 1. The smallest absolute Gasteiger partial charge is 0.306 e. The molecule has 1 atom stereocenters. The largest absolute Gasteiger partial charge is 0.454 e. The first kappa shape index (κ1) is 6.26. The normalized spacial score (nSPS) is 25.9. The molecule has 0 bridgehead atoms. The Bertz CT molecular complexity index is 150. The number of ketones is 1. The van der Waals surface area contributed by atoms with Gasteiger partial charge in [0.05, 0.1) is 0 Å². The van der Waals surface area contributed by atoms with Crippen molar-refractivity contribution >= 4 is 11.8 Å². The minimum Gasteiger partial charge on any atom is -0.454 e. The SMILES string of the molecule is CC(=O)[C@@H]1CCC(=O)O1. The molecular weight excluding hydrogens is 120 g/mol. The predicted octanol–water partition coefficient (Wildman–Crippen LogP) is 0.281. The van der Waals surface area contributed by atoms with Gasteiger partial charge in [0.1, 0.15) is 0 Å². The van der Waals surface area contributed by atoms with E-state index in [0.717, 1.165) is 0 Å². The highest BCUT2D eigenvalue weighted by atomic mass is 16.6. The second-order valence-electron chi connectivity index (χ2n) is 2.13. The van der Waals surface area contributed by atoms with Crippen LogP contribution in [0.4, 0.5) is 0 Å². The average molecular weight is 128 g/mol. The van der Waals surface area contributed by atoms with Gasteiger partial charge in [-0.05, 0) is 6.92 Å². The highest BCUT2D eigenvalue weighted by molar-refractivity contribution is 5.86. The molecule has 3 nitrogen and oxygen atoms in total. The van der Waals surface area contributed by atoms with E-state index in [-0.39, 0.29) is 11.8 Å². The fraction of sp³-hybridized carbons (Fsp3) is 0.667. The molecule has 9 heavy (non-hydrogen) atoms. The van der Waals surface area contributed by atoms with Crippen molar-refractivity contribution in [3.8, 4) is 0 Å². The van der Waals surface area contributed by atoms with Gasteiger partial charge in [0.2, 0.25) is 0 Å². The summed E-state index contributed by atoms with van der Waals surface area (Å²) in [7, 11) is 0. The zero-order chi connectivity index (χ0) is 6.85. The van der Waals surface area contributed by atoms with Crippen molar-refractivity contribution in [2.75, 3.05) is 0 Å². The molecule has 0 amide bonds. The maximum absolute atomic E-state index is 10.5. The van der Waals surface area contributed by atoms with Crippen molar-refractivity contribution in [2.24, 2.45) is 0 Å². The van der Waals surface area contributed by atoms with E-state index in [2.05, 4.69) is 4.74 Å². The molecule has 0 radical (unpaired) electrons. The van der Waals surface area contributed by atoms with Crippen LogP contribution in [0.25, 0.3) is 0 Å². The Morgan fingerprint density at radius 3 is 2.67 bits per heavy atom. The van der Waals surface area contributed by atoms with Gasteiger partial charge in [0.25, 0.3) is 0 Å². The molecule has 1 aliphatic heterocycles. The Balaban J connectivity index is 2.48. The quantitative estimate of drug-likeness (QED) is 0.476. The first-order valence-electron chi connectivity index (χ1n) is 2.90. The molecule has 1 saturated heterocycles. The number of cyclic esters (lactones) is 1. The fourth-order valence-corrected chi connectivity index (χ4v) is 0.812. The number of hydrogen-bond donors (Lipinski definition) is 0. The Morgan fingerprint density at radius 1 is 1.78 bits per heavy atom. The molecule has 0 spiro atoms. The lowest BCUT2D eigenvalue weighted by molar-refractivity contribution is -0.146. The van der Waals surface area contributed by atoms with Crippen molar-refractivity contribution in [3.63, 3.8) is 0 Å². The molecule has 0 aliphatic carbocycles. The van der Waals surface area contributed by atoms with Gasteiger partial charge >= 0.3 is 5.97 Å². The van der Waals surface area contributed by atoms with Crippen LogP contribution < -0.4 is 0 Å². The molecule has 3 heteroatoms. The molecule has 0 aromatic rings. The number of esters is 1. The maximum Gasteiger partial charge on any atom is 0.306 e. The minimum absolute atomic E-state index is 0.0548. The van der Waals surface area contributed by atoms with Gasteiger partial charge in [0, 0.05) is 12.8 Å². The summed E-state index contributed by atoms with van der Waals surface area (Å²) in [5, 5.41) is 0. The highest BCUT2D eigenvalue weighted by Gasteiger charge is 2.26. The van der Waals surface area contributed by atoms with E-state index in [9.17, 15) is 9.59 Å². The van der Waals surface area contributed by atoms with Crippen molar-refractivity contribution in [2.45, 2.75) is 25.9 Å². The molecule has 0 aromatic heterocycles. The zero-order valence-corrected chi connectivity index (χ0v) is 5.22. The summed E-state index contributed by atoms with van der Waals surface area (Å²) in [6.45, 7) is 1.43. The van der Waals surface area contributed by atoms with E-state index in [1.807, 2.05) is 0 Å². The van der Waals surface area contributed by atoms with Gasteiger partial charge in [-0.25, -0.2) is 0 Å². The maximum atomic E-state index is 10.5. The van der Waals surface area contributed by atoms with Gasteiger partial charge < -0.3 is 4.74 Å². The van der Waals surface area contributed by atoms with Crippen molar-refractivity contribution < 1.29 is 14.3 Å². The van der Waals surface area contributed by atoms with Crippen LogP contribution in [0.5, 0.6) is 0 Å². The van der Waals surface area contributed by atoms with E-state index in [1.54, 1.807) is 0 Å². The van der Waals surface area contributed by atoms with Gasteiger partial charge in [-0.2, -0.15) is 0 Å². The summed E-state index contributed by atoms with van der Waals surface area (Å²) in [4.78, 5) is 20.9. The monoisotopic (exact) mass is 128 g/mol. The topological polar surface area (TPSA) is 43.4 Å². The third-order valence-corrected chi connectivity index (χ3v) is 1.34. The molecular formula is C6H8O3. The predicted molar refractivity (Wildman–Crippen MR) is 29.8 cm³/mol. The number of carbonyl (C=O) groups excluding carboxylic acids is 2. The van der Waals surface area contributed by atoms with Crippen LogP contribution in [-0.2, 0) is 14.3 Å². The van der Waals surface area contributed by atoms with E-state index < -0.39 is 6.10 Å². The molecule has 0 unspecified atom stereocenters. The molecule has 0 N–H and O–H groups in total. The summed E-state index contributed by atoms with van der Waals surface area (Å²) >= 11 is 0. The molecule has 50 valence electrons. The number of hydrogen-bond acceptors (Lipinski definition) is 3. The van der Waals surface area contributed by atoms with Crippen LogP contribution in [0.15, 0.2) is 0 Å². The van der Waals surface area contributed by atoms with Gasteiger partial charge in [0.15, 0.2) is 11.9 Å². The van der Waals surface area contributed by atoms with Crippen LogP contribution in [0.1, 0.15) is 19.8 Å². The number of ether oxygens (including phenoxy) is 1. The Labute approximate surface area is 53.0 Å². The molecule has 1 rings (SSSR count). The average Bonchev–Trinajstić information content (AvgIpc) is 2.14. The second kappa shape index (κ2) is 2.17. The van der Waals surface area contributed by atoms with E-state index in [1.165, 1.54) is 6.92 Å². The fourth-order valence-electron chi connectivity index (χ4n) is 0.812. The molecule has 1 fully saturated rings. The summed E-state index contributed by atoms with van der Waals surface area (Å²) in [6.07, 6.45) is 0.510. The molecule has 1 aliphatic rings. The summed E-state index contributed by atoms with van der Waals surface area (Å²) < 4.78 is 4.63. The number of Topliss-reactive ketones (excluding diaryl/α,β-unsaturated/α-hetero) is 1. The lowest BCUT2D eigenvalue weighted by Crippen LogP contribution is -2.16. The van der Waals surface area contributed by atoms with Crippen LogP contribution in [0, 0.1) is 0 Å². The first-order chi connectivity index (χ1) is 4.20. The van der Waals surface area contributed by atoms with Crippen molar-refractivity contribution in [1.82, 2.24) is 0 Å². The third kappa shape index (κ3) is 1.28. The Morgan fingerprint density at radius 2 is 2.44 bits per heavy atom. The van der Waals surface area contributed by atoms with Crippen molar-refractivity contribution in [1.29, 1.82) is 0 Å². The van der Waals surface area contributed by atoms with Crippen LogP contribution in [0.3, 0.4) is 0 Å².